The van der Waals surface area contributed by atoms with Crippen molar-refractivity contribution in [3.05, 3.63) is 69.0 Å². The number of carbonyl (C=O) groups excluding carboxylic acids is 1. The van der Waals surface area contributed by atoms with Gasteiger partial charge in [-0.2, -0.15) is 9.50 Å². The minimum absolute atomic E-state index is 0.238. The molecule has 8 heteroatoms. The van der Waals surface area contributed by atoms with Gasteiger partial charge in [0, 0.05) is 12.5 Å². The predicted octanol–water partition coefficient (Wildman–Crippen LogP) is 3.86. The van der Waals surface area contributed by atoms with Crippen LogP contribution in [0.3, 0.4) is 0 Å². The Morgan fingerprint density at radius 1 is 1.12 bits per heavy atom. The molecule has 32 heavy (non-hydrogen) atoms. The van der Waals surface area contributed by atoms with Crippen LogP contribution >= 0.6 is 11.3 Å². The highest BCUT2D eigenvalue weighted by atomic mass is 32.1. The summed E-state index contributed by atoms with van der Waals surface area (Å²) < 4.78 is 12.7. The Morgan fingerprint density at radius 2 is 1.94 bits per heavy atom. The van der Waals surface area contributed by atoms with Crippen LogP contribution < -0.4 is 19.6 Å². The van der Waals surface area contributed by atoms with Gasteiger partial charge in [0.15, 0.2) is 5.82 Å². The van der Waals surface area contributed by atoms with E-state index in [9.17, 15) is 9.59 Å². The lowest BCUT2D eigenvalue weighted by Crippen LogP contribution is -2.23. The van der Waals surface area contributed by atoms with Crippen LogP contribution in [0, 0.1) is 0 Å². The Balaban J connectivity index is 1.55. The molecule has 7 nitrogen and oxygen atoms in total. The van der Waals surface area contributed by atoms with Crippen LogP contribution in [0.5, 0.6) is 11.5 Å². The first-order valence-corrected chi connectivity index (χ1v) is 11.3. The molecule has 0 spiro atoms. The van der Waals surface area contributed by atoms with Gasteiger partial charge in [0.25, 0.3) is 5.56 Å². The van der Waals surface area contributed by atoms with Gasteiger partial charge < -0.3 is 9.47 Å². The molecule has 0 saturated carbocycles. The van der Waals surface area contributed by atoms with Crippen LogP contribution in [0.2, 0.25) is 0 Å². The third kappa shape index (κ3) is 5.03. The lowest BCUT2D eigenvalue weighted by atomic mass is 10.2. The quantitative estimate of drug-likeness (QED) is 0.231. The lowest BCUT2D eigenvalue weighted by molar-refractivity contribution is -0.131. The molecule has 0 aliphatic heterocycles. The number of hydrogen-bond acceptors (Lipinski definition) is 7. The maximum Gasteiger partial charge on any atom is 0.308 e. The van der Waals surface area contributed by atoms with Gasteiger partial charge >= 0.3 is 5.97 Å². The largest absolute Gasteiger partial charge is 0.494 e. The van der Waals surface area contributed by atoms with E-state index in [1.807, 2.05) is 30.3 Å². The second-order valence-corrected chi connectivity index (χ2v) is 8.30. The summed E-state index contributed by atoms with van der Waals surface area (Å²) in [4.78, 5) is 29.0. The van der Waals surface area contributed by atoms with Crippen molar-refractivity contribution in [3.63, 3.8) is 0 Å². The van der Waals surface area contributed by atoms with Crippen LogP contribution in [0.15, 0.2) is 53.3 Å². The van der Waals surface area contributed by atoms with Crippen LogP contribution in [-0.2, 0) is 4.79 Å². The van der Waals surface area contributed by atoms with Gasteiger partial charge in [-0.25, -0.2) is 0 Å². The first-order valence-electron chi connectivity index (χ1n) is 10.5. The number of carbonyl (C=O) groups is 1. The van der Waals surface area contributed by atoms with Crippen molar-refractivity contribution in [2.45, 2.75) is 33.1 Å². The molecule has 0 unspecified atom stereocenters. The summed E-state index contributed by atoms with van der Waals surface area (Å²) in [5.41, 5.74) is 1.33. The monoisotopic (exact) mass is 449 g/mol. The van der Waals surface area contributed by atoms with Gasteiger partial charge in [0.05, 0.1) is 11.1 Å². The van der Waals surface area contributed by atoms with E-state index in [1.54, 1.807) is 24.3 Å². The molecule has 2 heterocycles. The van der Waals surface area contributed by atoms with Crippen molar-refractivity contribution in [3.8, 4) is 22.9 Å². The molecule has 0 N–H and O–H groups in total. The van der Waals surface area contributed by atoms with Crippen molar-refractivity contribution in [2.75, 3.05) is 6.61 Å². The Morgan fingerprint density at radius 3 is 2.66 bits per heavy atom. The van der Waals surface area contributed by atoms with Gasteiger partial charge in [0.2, 0.25) is 4.96 Å². The molecule has 2 aromatic heterocycles. The SMILES string of the molecule is CCCCCOc1ccc(-c2nc3sc(=Cc4cccc(OC(C)=O)c4)c(=O)n3n2)cc1. The molecular formula is C24H23N3O4S. The molecule has 0 atom stereocenters. The molecule has 0 bridgehead atoms. The third-order valence-electron chi connectivity index (χ3n) is 4.73. The molecule has 4 aromatic rings. The summed E-state index contributed by atoms with van der Waals surface area (Å²) in [6, 6.07) is 14.6. The Bertz CT molecular complexity index is 1340. The predicted molar refractivity (Wildman–Crippen MR) is 124 cm³/mol. The highest BCUT2D eigenvalue weighted by molar-refractivity contribution is 7.15. The average molecular weight is 450 g/mol. The minimum atomic E-state index is -0.394. The van der Waals surface area contributed by atoms with E-state index >= 15 is 0 Å². The van der Waals surface area contributed by atoms with Gasteiger partial charge in [-0.3, -0.25) is 9.59 Å². The Kier molecular flexibility index (Phi) is 6.61. The lowest BCUT2D eigenvalue weighted by Gasteiger charge is -2.05. The third-order valence-corrected chi connectivity index (χ3v) is 5.69. The summed E-state index contributed by atoms with van der Waals surface area (Å²) in [5, 5.41) is 4.39. The summed E-state index contributed by atoms with van der Waals surface area (Å²) >= 11 is 1.26. The maximum atomic E-state index is 12.8. The standard InChI is InChI=1S/C24H23N3O4S/c1-3-4-5-13-30-19-11-9-18(10-12-19)22-25-24-27(26-22)23(29)21(32-24)15-17-7-6-8-20(14-17)31-16(2)28/h6-12,14-15H,3-5,13H2,1-2H3. The summed E-state index contributed by atoms with van der Waals surface area (Å²) in [6.45, 7) is 4.21. The Hall–Kier alpha value is -3.52. The summed E-state index contributed by atoms with van der Waals surface area (Å²) in [7, 11) is 0. The smallest absolute Gasteiger partial charge is 0.308 e. The zero-order valence-corrected chi connectivity index (χ0v) is 18.7. The maximum absolute atomic E-state index is 12.8. The van der Waals surface area contributed by atoms with Crippen molar-refractivity contribution in [1.82, 2.24) is 14.6 Å². The number of rotatable bonds is 8. The molecule has 0 aliphatic carbocycles. The molecule has 164 valence electrons. The topological polar surface area (TPSA) is 82.8 Å². The fraction of sp³-hybridized carbons (Fsp3) is 0.250. The normalized spacial score (nSPS) is 11.8. The van der Waals surface area contributed by atoms with E-state index in [0.29, 0.717) is 27.7 Å². The number of benzene rings is 2. The molecule has 0 fully saturated rings. The fourth-order valence-corrected chi connectivity index (χ4v) is 4.09. The minimum Gasteiger partial charge on any atom is -0.494 e. The summed E-state index contributed by atoms with van der Waals surface area (Å²) in [5.74, 6) is 1.34. The highest BCUT2D eigenvalue weighted by Gasteiger charge is 2.12. The van der Waals surface area contributed by atoms with Gasteiger partial charge in [-0.1, -0.05) is 43.2 Å². The molecular weight excluding hydrogens is 426 g/mol. The van der Waals surface area contributed by atoms with Crippen LogP contribution in [0.1, 0.15) is 38.7 Å². The number of fused-ring (bicyclic) bond motifs is 1. The summed E-state index contributed by atoms with van der Waals surface area (Å²) in [6.07, 6.45) is 5.09. The van der Waals surface area contributed by atoms with Gasteiger partial charge in [-0.05, 0) is 54.5 Å². The van der Waals surface area contributed by atoms with Crippen LogP contribution in [-0.4, -0.2) is 27.2 Å². The van der Waals surface area contributed by atoms with Crippen molar-refractivity contribution in [1.29, 1.82) is 0 Å². The highest BCUT2D eigenvalue weighted by Crippen LogP contribution is 2.21. The molecule has 0 aliphatic rings. The molecule has 4 rings (SSSR count). The number of aromatic nitrogens is 3. The number of esters is 1. The second-order valence-electron chi connectivity index (χ2n) is 7.29. The van der Waals surface area contributed by atoms with Crippen LogP contribution in [0.25, 0.3) is 22.4 Å². The fourth-order valence-electron chi connectivity index (χ4n) is 3.18. The zero-order valence-electron chi connectivity index (χ0n) is 17.9. The van der Waals surface area contributed by atoms with Gasteiger partial charge in [-0.15, -0.1) is 5.10 Å². The first-order chi connectivity index (χ1) is 15.5. The van der Waals surface area contributed by atoms with E-state index < -0.39 is 5.97 Å². The van der Waals surface area contributed by atoms with E-state index in [4.69, 9.17) is 9.47 Å². The van der Waals surface area contributed by atoms with E-state index in [1.165, 1.54) is 22.8 Å². The molecule has 0 saturated heterocycles. The average Bonchev–Trinajstić information content (AvgIpc) is 3.31. The van der Waals surface area contributed by atoms with Crippen molar-refractivity contribution >= 4 is 28.3 Å². The second kappa shape index (κ2) is 9.74. The number of thiazole rings is 1. The Labute approximate surface area is 188 Å². The molecule has 0 radical (unpaired) electrons. The van der Waals surface area contributed by atoms with Crippen molar-refractivity contribution in [2.24, 2.45) is 0 Å². The zero-order chi connectivity index (χ0) is 22.5. The van der Waals surface area contributed by atoms with Gasteiger partial charge in [0.1, 0.15) is 11.5 Å². The number of hydrogen-bond donors (Lipinski definition) is 0. The van der Waals surface area contributed by atoms with Crippen LogP contribution in [0.4, 0.5) is 0 Å². The molecule has 2 aromatic carbocycles. The number of nitrogens with zero attached hydrogens (tertiary/aromatic N) is 3. The van der Waals surface area contributed by atoms with E-state index in [-0.39, 0.29) is 5.56 Å². The van der Waals surface area contributed by atoms with E-state index in [2.05, 4.69) is 17.0 Å². The first kappa shape index (κ1) is 21.7. The van der Waals surface area contributed by atoms with E-state index in [0.717, 1.165) is 36.1 Å². The number of ether oxygens (including phenoxy) is 2. The molecule has 0 amide bonds. The number of unbranched alkanes of at least 4 members (excludes halogenated alkanes) is 2. The van der Waals surface area contributed by atoms with Crippen molar-refractivity contribution < 1.29 is 14.3 Å².